The summed E-state index contributed by atoms with van der Waals surface area (Å²) >= 11 is 2.06. The maximum atomic E-state index is 3.66. The molecule has 0 heterocycles. The highest BCUT2D eigenvalue weighted by Crippen LogP contribution is 2.49. The number of nitrogens with one attached hydrogen (secondary N) is 1. The standard InChI is InChI=1S/C15H23NS/c1-3-16-15(11-17-4-2)14-10-13(14)12-8-6-5-7-9-12/h5-9,13-16H,3-4,10-11H2,1-2H3. The molecular formula is C15H23NS. The monoisotopic (exact) mass is 249 g/mol. The molecule has 3 unspecified atom stereocenters. The van der Waals surface area contributed by atoms with Crippen LogP contribution in [0.25, 0.3) is 0 Å². The average Bonchev–Trinajstić information content (AvgIpc) is 3.16. The van der Waals surface area contributed by atoms with Crippen molar-refractivity contribution in [2.75, 3.05) is 18.1 Å². The fraction of sp³-hybridized carbons (Fsp3) is 0.600. The summed E-state index contributed by atoms with van der Waals surface area (Å²) < 4.78 is 0. The highest BCUT2D eigenvalue weighted by atomic mass is 32.2. The molecule has 0 saturated heterocycles. The summed E-state index contributed by atoms with van der Waals surface area (Å²) in [6.45, 7) is 5.55. The molecule has 0 radical (unpaired) electrons. The summed E-state index contributed by atoms with van der Waals surface area (Å²) in [5.41, 5.74) is 1.53. The van der Waals surface area contributed by atoms with E-state index in [1.807, 2.05) is 0 Å². The van der Waals surface area contributed by atoms with Crippen LogP contribution >= 0.6 is 11.8 Å². The van der Waals surface area contributed by atoms with Crippen LogP contribution in [0.3, 0.4) is 0 Å². The fourth-order valence-electron chi connectivity index (χ4n) is 2.58. The molecule has 2 rings (SSSR count). The molecule has 1 aliphatic rings. The highest BCUT2D eigenvalue weighted by molar-refractivity contribution is 7.99. The van der Waals surface area contributed by atoms with Gasteiger partial charge in [-0.3, -0.25) is 0 Å². The summed E-state index contributed by atoms with van der Waals surface area (Å²) in [6.07, 6.45) is 1.37. The Morgan fingerprint density at radius 1 is 1.29 bits per heavy atom. The zero-order valence-electron chi connectivity index (χ0n) is 10.9. The summed E-state index contributed by atoms with van der Waals surface area (Å²) in [5.74, 6) is 4.15. The van der Waals surface area contributed by atoms with Crippen LogP contribution in [0.15, 0.2) is 30.3 Å². The Labute approximate surface area is 109 Å². The van der Waals surface area contributed by atoms with Gasteiger partial charge in [0.1, 0.15) is 0 Å². The Bertz CT molecular complexity index is 325. The van der Waals surface area contributed by atoms with E-state index in [1.165, 1.54) is 23.5 Å². The molecule has 2 heteroatoms. The van der Waals surface area contributed by atoms with E-state index in [-0.39, 0.29) is 0 Å². The third kappa shape index (κ3) is 3.49. The quantitative estimate of drug-likeness (QED) is 0.793. The summed E-state index contributed by atoms with van der Waals surface area (Å²) in [5, 5.41) is 3.66. The van der Waals surface area contributed by atoms with Gasteiger partial charge in [0.25, 0.3) is 0 Å². The molecule has 3 atom stereocenters. The largest absolute Gasteiger partial charge is 0.313 e. The predicted molar refractivity (Wildman–Crippen MR) is 77.8 cm³/mol. The van der Waals surface area contributed by atoms with E-state index in [4.69, 9.17) is 0 Å². The number of thioether (sulfide) groups is 1. The van der Waals surface area contributed by atoms with Crippen molar-refractivity contribution in [2.45, 2.75) is 32.2 Å². The Balaban J connectivity index is 1.90. The van der Waals surface area contributed by atoms with E-state index >= 15 is 0 Å². The molecule has 0 bridgehead atoms. The van der Waals surface area contributed by atoms with Gasteiger partial charge in [-0.05, 0) is 36.1 Å². The van der Waals surface area contributed by atoms with Crippen molar-refractivity contribution < 1.29 is 0 Å². The molecule has 1 aromatic carbocycles. The van der Waals surface area contributed by atoms with Crippen LogP contribution in [-0.2, 0) is 0 Å². The third-order valence-corrected chi connectivity index (χ3v) is 4.56. The molecule has 94 valence electrons. The molecule has 1 aliphatic carbocycles. The first kappa shape index (κ1) is 13.0. The second-order valence-electron chi connectivity index (χ2n) is 4.74. The van der Waals surface area contributed by atoms with Crippen molar-refractivity contribution in [2.24, 2.45) is 5.92 Å². The second-order valence-corrected chi connectivity index (χ2v) is 6.06. The van der Waals surface area contributed by atoms with E-state index in [1.54, 1.807) is 0 Å². The van der Waals surface area contributed by atoms with Crippen molar-refractivity contribution in [1.82, 2.24) is 5.32 Å². The molecule has 0 spiro atoms. The average molecular weight is 249 g/mol. The first-order valence-corrected chi connectivity index (χ1v) is 7.88. The lowest BCUT2D eigenvalue weighted by molar-refractivity contribution is 0.510. The van der Waals surface area contributed by atoms with Crippen LogP contribution in [0.1, 0.15) is 31.7 Å². The van der Waals surface area contributed by atoms with Crippen LogP contribution in [0, 0.1) is 5.92 Å². The third-order valence-electron chi connectivity index (χ3n) is 3.55. The molecule has 1 N–H and O–H groups in total. The Kier molecular flexibility index (Phi) is 4.93. The van der Waals surface area contributed by atoms with Crippen LogP contribution in [0.2, 0.25) is 0 Å². The van der Waals surface area contributed by atoms with Gasteiger partial charge in [0, 0.05) is 11.8 Å². The summed E-state index contributed by atoms with van der Waals surface area (Å²) in [6, 6.07) is 11.7. The minimum absolute atomic E-state index is 0.704. The second kappa shape index (κ2) is 6.46. The van der Waals surface area contributed by atoms with E-state index in [0.29, 0.717) is 6.04 Å². The van der Waals surface area contributed by atoms with Crippen molar-refractivity contribution in [3.8, 4) is 0 Å². The van der Waals surface area contributed by atoms with Crippen LogP contribution in [0.5, 0.6) is 0 Å². The van der Waals surface area contributed by atoms with Gasteiger partial charge < -0.3 is 5.32 Å². The lowest BCUT2D eigenvalue weighted by Gasteiger charge is -2.17. The normalized spacial score (nSPS) is 24.6. The van der Waals surface area contributed by atoms with Gasteiger partial charge in [-0.25, -0.2) is 0 Å². The van der Waals surface area contributed by atoms with Crippen LogP contribution in [0.4, 0.5) is 0 Å². The minimum Gasteiger partial charge on any atom is -0.313 e. The van der Waals surface area contributed by atoms with Gasteiger partial charge >= 0.3 is 0 Å². The molecule has 0 aromatic heterocycles. The highest BCUT2D eigenvalue weighted by Gasteiger charge is 2.43. The fourth-order valence-corrected chi connectivity index (χ4v) is 3.44. The predicted octanol–water partition coefficient (Wildman–Crippen LogP) is 3.52. The molecule has 1 fully saturated rings. The Morgan fingerprint density at radius 2 is 2.06 bits per heavy atom. The Morgan fingerprint density at radius 3 is 2.71 bits per heavy atom. The van der Waals surface area contributed by atoms with Crippen molar-refractivity contribution in [1.29, 1.82) is 0 Å². The summed E-state index contributed by atoms with van der Waals surface area (Å²) in [7, 11) is 0. The summed E-state index contributed by atoms with van der Waals surface area (Å²) in [4.78, 5) is 0. The number of hydrogen-bond donors (Lipinski definition) is 1. The van der Waals surface area contributed by atoms with Gasteiger partial charge in [-0.1, -0.05) is 44.2 Å². The SMILES string of the molecule is CCNC(CSCC)C1CC1c1ccccc1. The number of benzene rings is 1. The lowest BCUT2D eigenvalue weighted by Crippen LogP contribution is -2.33. The lowest BCUT2D eigenvalue weighted by atomic mass is 10.1. The van der Waals surface area contributed by atoms with E-state index in [9.17, 15) is 0 Å². The molecule has 0 aliphatic heterocycles. The maximum Gasteiger partial charge on any atom is 0.0192 e. The topological polar surface area (TPSA) is 12.0 Å². The van der Waals surface area contributed by atoms with Crippen molar-refractivity contribution >= 4 is 11.8 Å². The van der Waals surface area contributed by atoms with E-state index < -0.39 is 0 Å². The van der Waals surface area contributed by atoms with Crippen LogP contribution < -0.4 is 5.32 Å². The molecule has 0 amide bonds. The van der Waals surface area contributed by atoms with Gasteiger partial charge in [0.15, 0.2) is 0 Å². The zero-order chi connectivity index (χ0) is 12.1. The first-order chi connectivity index (χ1) is 8.36. The van der Waals surface area contributed by atoms with Crippen molar-refractivity contribution in [3.05, 3.63) is 35.9 Å². The molecular weight excluding hydrogens is 226 g/mol. The molecule has 1 saturated carbocycles. The smallest absolute Gasteiger partial charge is 0.0192 e. The Hall–Kier alpha value is -0.470. The van der Waals surface area contributed by atoms with Gasteiger partial charge in [-0.2, -0.15) is 11.8 Å². The van der Waals surface area contributed by atoms with Gasteiger partial charge in [0.2, 0.25) is 0 Å². The first-order valence-electron chi connectivity index (χ1n) is 6.72. The molecule has 1 nitrogen and oxygen atoms in total. The number of hydrogen-bond acceptors (Lipinski definition) is 2. The molecule has 1 aromatic rings. The van der Waals surface area contributed by atoms with Gasteiger partial charge in [-0.15, -0.1) is 0 Å². The number of rotatable bonds is 7. The zero-order valence-corrected chi connectivity index (χ0v) is 11.7. The van der Waals surface area contributed by atoms with Crippen LogP contribution in [-0.4, -0.2) is 24.1 Å². The van der Waals surface area contributed by atoms with E-state index in [2.05, 4.69) is 61.3 Å². The molecule has 17 heavy (non-hydrogen) atoms. The van der Waals surface area contributed by atoms with Crippen molar-refractivity contribution in [3.63, 3.8) is 0 Å². The minimum atomic E-state index is 0.704. The van der Waals surface area contributed by atoms with E-state index in [0.717, 1.165) is 18.4 Å². The maximum absolute atomic E-state index is 3.66. The van der Waals surface area contributed by atoms with Gasteiger partial charge in [0.05, 0.1) is 0 Å².